The molecule has 80 valence electrons. The highest BCUT2D eigenvalue weighted by atomic mass is 16.5. The third-order valence-corrected chi connectivity index (χ3v) is 2.72. The molecule has 0 aromatic heterocycles. The van der Waals surface area contributed by atoms with Gasteiger partial charge in [0.25, 0.3) is 0 Å². The first-order valence-corrected chi connectivity index (χ1v) is 5.33. The van der Waals surface area contributed by atoms with Crippen LogP contribution >= 0.6 is 0 Å². The molecule has 0 aromatic carbocycles. The predicted octanol–water partition coefficient (Wildman–Crippen LogP) is 2.09. The van der Waals surface area contributed by atoms with E-state index in [2.05, 4.69) is 0 Å². The van der Waals surface area contributed by atoms with Gasteiger partial charge < -0.3 is 4.74 Å². The first kappa shape index (κ1) is 11.2. The van der Waals surface area contributed by atoms with Gasteiger partial charge in [-0.15, -0.1) is 0 Å². The molecular weight excluding hydrogens is 180 g/mol. The zero-order valence-corrected chi connectivity index (χ0v) is 8.75. The standard InChI is InChI=1S/C11H18O3/c1-9(12)14-8-2-3-10-4-6-11(13)7-5-10/h10H,2-8H2,1H3. The second-order valence-corrected chi connectivity index (χ2v) is 3.96. The van der Waals surface area contributed by atoms with Gasteiger partial charge in [-0.3, -0.25) is 9.59 Å². The van der Waals surface area contributed by atoms with Crippen molar-refractivity contribution < 1.29 is 14.3 Å². The molecular formula is C11H18O3. The van der Waals surface area contributed by atoms with Crippen molar-refractivity contribution in [3.8, 4) is 0 Å². The molecule has 14 heavy (non-hydrogen) atoms. The van der Waals surface area contributed by atoms with Crippen molar-refractivity contribution in [2.75, 3.05) is 6.61 Å². The summed E-state index contributed by atoms with van der Waals surface area (Å²) in [5.74, 6) is 0.869. The van der Waals surface area contributed by atoms with E-state index in [1.54, 1.807) is 0 Å². The number of carbonyl (C=O) groups is 2. The number of ketones is 1. The van der Waals surface area contributed by atoms with Crippen LogP contribution in [-0.2, 0) is 14.3 Å². The van der Waals surface area contributed by atoms with Gasteiger partial charge in [0, 0.05) is 19.8 Å². The monoisotopic (exact) mass is 198 g/mol. The van der Waals surface area contributed by atoms with Crippen LogP contribution in [0.1, 0.15) is 45.4 Å². The van der Waals surface area contributed by atoms with Gasteiger partial charge >= 0.3 is 5.97 Å². The quantitative estimate of drug-likeness (QED) is 0.513. The van der Waals surface area contributed by atoms with E-state index >= 15 is 0 Å². The van der Waals surface area contributed by atoms with Gasteiger partial charge in [-0.2, -0.15) is 0 Å². The summed E-state index contributed by atoms with van der Waals surface area (Å²) in [4.78, 5) is 21.4. The Morgan fingerprint density at radius 2 is 2.07 bits per heavy atom. The van der Waals surface area contributed by atoms with Crippen molar-refractivity contribution in [2.45, 2.75) is 45.4 Å². The lowest BCUT2D eigenvalue weighted by molar-refractivity contribution is -0.141. The number of hydrogen-bond donors (Lipinski definition) is 0. The Balaban J connectivity index is 2.02. The third kappa shape index (κ3) is 4.40. The molecule has 0 atom stereocenters. The van der Waals surface area contributed by atoms with Gasteiger partial charge in [-0.1, -0.05) is 0 Å². The van der Waals surface area contributed by atoms with Crippen LogP contribution < -0.4 is 0 Å². The minimum atomic E-state index is -0.205. The Morgan fingerprint density at radius 1 is 1.43 bits per heavy atom. The second kappa shape index (κ2) is 5.78. The molecule has 0 N–H and O–H groups in total. The lowest BCUT2D eigenvalue weighted by atomic mass is 9.85. The van der Waals surface area contributed by atoms with E-state index in [9.17, 15) is 9.59 Å². The smallest absolute Gasteiger partial charge is 0.302 e. The Labute approximate surface area is 84.8 Å². The zero-order chi connectivity index (χ0) is 10.4. The molecule has 0 aliphatic heterocycles. The summed E-state index contributed by atoms with van der Waals surface area (Å²) in [5.41, 5.74) is 0. The highest BCUT2D eigenvalue weighted by Gasteiger charge is 2.17. The van der Waals surface area contributed by atoms with Crippen LogP contribution in [0.5, 0.6) is 0 Å². The Hall–Kier alpha value is -0.860. The average Bonchev–Trinajstić information content (AvgIpc) is 2.15. The molecule has 1 saturated carbocycles. The second-order valence-electron chi connectivity index (χ2n) is 3.96. The Morgan fingerprint density at radius 3 is 2.64 bits per heavy atom. The van der Waals surface area contributed by atoms with Crippen molar-refractivity contribution in [1.82, 2.24) is 0 Å². The highest BCUT2D eigenvalue weighted by molar-refractivity contribution is 5.78. The molecule has 1 aliphatic carbocycles. The van der Waals surface area contributed by atoms with E-state index in [4.69, 9.17) is 4.74 Å². The topological polar surface area (TPSA) is 43.4 Å². The van der Waals surface area contributed by atoms with E-state index < -0.39 is 0 Å². The first-order chi connectivity index (χ1) is 6.68. The van der Waals surface area contributed by atoms with Gasteiger partial charge in [0.15, 0.2) is 0 Å². The van der Waals surface area contributed by atoms with Crippen molar-refractivity contribution in [3.63, 3.8) is 0 Å². The fourth-order valence-electron chi connectivity index (χ4n) is 1.88. The molecule has 0 saturated heterocycles. The van der Waals surface area contributed by atoms with E-state index in [-0.39, 0.29) is 5.97 Å². The lowest BCUT2D eigenvalue weighted by Crippen LogP contribution is -2.14. The van der Waals surface area contributed by atoms with Crippen molar-refractivity contribution in [2.24, 2.45) is 5.92 Å². The Kier molecular flexibility index (Phi) is 4.63. The van der Waals surface area contributed by atoms with Crippen LogP contribution in [0.3, 0.4) is 0 Å². The summed E-state index contributed by atoms with van der Waals surface area (Å²) in [6.45, 7) is 1.96. The molecule has 1 rings (SSSR count). The van der Waals surface area contributed by atoms with Crippen LogP contribution in [0, 0.1) is 5.92 Å². The maximum atomic E-state index is 11.0. The summed E-state index contributed by atoms with van der Waals surface area (Å²) < 4.78 is 4.85. The minimum Gasteiger partial charge on any atom is -0.466 e. The number of carbonyl (C=O) groups excluding carboxylic acids is 2. The van der Waals surface area contributed by atoms with Crippen molar-refractivity contribution in [1.29, 1.82) is 0 Å². The largest absolute Gasteiger partial charge is 0.466 e. The van der Waals surface area contributed by atoms with Crippen molar-refractivity contribution in [3.05, 3.63) is 0 Å². The van der Waals surface area contributed by atoms with E-state index in [1.165, 1.54) is 6.92 Å². The molecule has 3 heteroatoms. The van der Waals surface area contributed by atoms with Crippen LogP contribution in [0.4, 0.5) is 0 Å². The summed E-state index contributed by atoms with van der Waals surface area (Å²) in [6, 6.07) is 0. The van der Waals surface area contributed by atoms with E-state index in [1.807, 2.05) is 0 Å². The maximum absolute atomic E-state index is 11.0. The summed E-state index contributed by atoms with van der Waals surface area (Å²) in [7, 11) is 0. The molecule has 3 nitrogen and oxygen atoms in total. The number of Topliss-reactive ketones (excluding diaryl/α,β-unsaturated/α-hetero) is 1. The average molecular weight is 198 g/mol. The molecule has 0 bridgehead atoms. The van der Waals surface area contributed by atoms with E-state index in [0.717, 1.165) is 38.5 Å². The van der Waals surface area contributed by atoms with Crippen LogP contribution in [-0.4, -0.2) is 18.4 Å². The number of esters is 1. The minimum absolute atomic E-state index is 0.205. The number of hydrogen-bond acceptors (Lipinski definition) is 3. The van der Waals surface area contributed by atoms with Crippen LogP contribution in [0.25, 0.3) is 0 Å². The molecule has 1 fully saturated rings. The number of ether oxygens (including phenoxy) is 1. The van der Waals surface area contributed by atoms with Gasteiger partial charge in [0.2, 0.25) is 0 Å². The zero-order valence-electron chi connectivity index (χ0n) is 8.75. The van der Waals surface area contributed by atoms with Gasteiger partial charge in [-0.25, -0.2) is 0 Å². The number of rotatable bonds is 4. The van der Waals surface area contributed by atoms with Gasteiger partial charge in [0.05, 0.1) is 6.61 Å². The predicted molar refractivity (Wildman–Crippen MR) is 52.8 cm³/mol. The maximum Gasteiger partial charge on any atom is 0.302 e. The first-order valence-electron chi connectivity index (χ1n) is 5.33. The molecule has 0 amide bonds. The normalized spacial score (nSPS) is 18.2. The third-order valence-electron chi connectivity index (χ3n) is 2.72. The van der Waals surface area contributed by atoms with Gasteiger partial charge in [0.1, 0.15) is 5.78 Å². The summed E-state index contributed by atoms with van der Waals surface area (Å²) in [5, 5.41) is 0. The molecule has 0 spiro atoms. The molecule has 0 radical (unpaired) electrons. The Bertz CT molecular complexity index is 201. The molecule has 0 heterocycles. The van der Waals surface area contributed by atoms with Crippen molar-refractivity contribution >= 4 is 11.8 Å². The fourth-order valence-corrected chi connectivity index (χ4v) is 1.88. The van der Waals surface area contributed by atoms with E-state index in [0.29, 0.717) is 18.3 Å². The summed E-state index contributed by atoms with van der Waals surface area (Å²) >= 11 is 0. The van der Waals surface area contributed by atoms with Crippen LogP contribution in [0.2, 0.25) is 0 Å². The molecule has 0 aromatic rings. The highest BCUT2D eigenvalue weighted by Crippen LogP contribution is 2.25. The summed E-state index contributed by atoms with van der Waals surface area (Å²) in [6.07, 6.45) is 5.56. The molecule has 1 aliphatic rings. The van der Waals surface area contributed by atoms with Gasteiger partial charge in [-0.05, 0) is 31.6 Å². The lowest BCUT2D eigenvalue weighted by Gasteiger charge is -2.20. The molecule has 0 unspecified atom stereocenters. The fraction of sp³-hybridized carbons (Fsp3) is 0.818. The SMILES string of the molecule is CC(=O)OCCCC1CCC(=O)CC1. The van der Waals surface area contributed by atoms with Crippen LogP contribution in [0.15, 0.2) is 0 Å².